The topological polar surface area (TPSA) is 64.1 Å². The van der Waals surface area contributed by atoms with Gasteiger partial charge in [0.25, 0.3) is 0 Å². The number of rotatable bonds is 3. The van der Waals surface area contributed by atoms with Crippen molar-refractivity contribution >= 4 is 0 Å². The molecule has 0 saturated heterocycles. The van der Waals surface area contributed by atoms with E-state index in [0.717, 1.165) is 11.1 Å². The van der Waals surface area contributed by atoms with Gasteiger partial charge in [0.2, 0.25) is 0 Å². The summed E-state index contributed by atoms with van der Waals surface area (Å²) in [4.78, 5) is 0. The Morgan fingerprint density at radius 3 is 1.21 bits per heavy atom. The van der Waals surface area contributed by atoms with Gasteiger partial charge in [-0.3, -0.25) is 0 Å². The average Bonchev–Trinajstić information content (AvgIpc) is 2.48. The van der Waals surface area contributed by atoms with Crippen LogP contribution in [0.4, 0.5) is 0 Å². The standard InChI is InChI=1S/C14H16N2.C2H7N/c15-13(11-7-3-1-4-8-11)14(16)12-9-5-2-6-10-12;1-3-2/h1-10,13-14H,15-16H2;3H,1-2H3. The van der Waals surface area contributed by atoms with Gasteiger partial charge in [-0.2, -0.15) is 0 Å². The van der Waals surface area contributed by atoms with Crippen LogP contribution < -0.4 is 16.8 Å². The Morgan fingerprint density at radius 1 is 0.684 bits per heavy atom. The van der Waals surface area contributed by atoms with Gasteiger partial charge in [-0.15, -0.1) is 0 Å². The highest BCUT2D eigenvalue weighted by molar-refractivity contribution is 5.26. The fourth-order valence-electron chi connectivity index (χ4n) is 1.77. The molecule has 0 radical (unpaired) electrons. The third kappa shape index (κ3) is 4.83. The van der Waals surface area contributed by atoms with Gasteiger partial charge in [0.05, 0.1) is 0 Å². The Bertz CT molecular complexity index is 399. The van der Waals surface area contributed by atoms with Crippen LogP contribution in [-0.2, 0) is 0 Å². The lowest BCUT2D eigenvalue weighted by Gasteiger charge is -2.20. The van der Waals surface area contributed by atoms with Gasteiger partial charge < -0.3 is 16.8 Å². The third-order valence-corrected chi connectivity index (χ3v) is 2.76. The lowest BCUT2D eigenvalue weighted by atomic mass is 9.95. The second-order valence-corrected chi connectivity index (χ2v) is 4.37. The summed E-state index contributed by atoms with van der Waals surface area (Å²) < 4.78 is 0. The van der Waals surface area contributed by atoms with Gasteiger partial charge in [-0.25, -0.2) is 0 Å². The van der Waals surface area contributed by atoms with Crippen molar-refractivity contribution in [1.82, 2.24) is 5.32 Å². The van der Waals surface area contributed by atoms with Gasteiger partial charge in [-0.05, 0) is 25.2 Å². The number of benzene rings is 2. The summed E-state index contributed by atoms with van der Waals surface area (Å²) in [6.07, 6.45) is 0. The predicted octanol–water partition coefficient (Wildman–Crippen LogP) is 2.22. The highest BCUT2D eigenvalue weighted by Gasteiger charge is 2.16. The van der Waals surface area contributed by atoms with E-state index in [1.165, 1.54) is 0 Å². The molecule has 2 rings (SSSR count). The van der Waals surface area contributed by atoms with E-state index < -0.39 is 0 Å². The van der Waals surface area contributed by atoms with Crippen LogP contribution in [0.15, 0.2) is 60.7 Å². The zero-order valence-corrected chi connectivity index (χ0v) is 11.6. The van der Waals surface area contributed by atoms with Gasteiger partial charge in [-0.1, -0.05) is 60.7 Å². The van der Waals surface area contributed by atoms with Crippen molar-refractivity contribution in [3.8, 4) is 0 Å². The number of nitrogens with two attached hydrogens (primary N) is 2. The minimum absolute atomic E-state index is 0.163. The van der Waals surface area contributed by atoms with E-state index in [0.29, 0.717) is 0 Å². The minimum atomic E-state index is -0.163. The molecule has 19 heavy (non-hydrogen) atoms. The normalized spacial score (nSPS) is 13.1. The highest BCUT2D eigenvalue weighted by atomic mass is 14.8. The molecule has 2 aromatic carbocycles. The van der Waals surface area contributed by atoms with Crippen LogP contribution in [0.3, 0.4) is 0 Å². The maximum atomic E-state index is 6.15. The van der Waals surface area contributed by atoms with Gasteiger partial charge in [0.15, 0.2) is 0 Å². The third-order valence-electron chi connectivity index (χ3n) is 2.76. The van der Waals surface area contributed by atoms with E-state index >= 15 is 0 Å². The largest absolute Gasteiger partial charge is 0.323 e. The molecule has 3 heteroatoms. The van der Waals surface area contributed by atoms with Crippen molar-refractivity contribution in [1.29, 1.82) is 0 Å². The summed E-state index contributed by atoms with van der Waals surface area (Å²) in [5, 5.41) is 2.75. The van der Waals surface area contributed by atoms with Crippen LogP contribution in [0.25, 0.3) is 0 Å². The summed E-state index contributed by atoms with van der Waals surface area (Å²) in [5.74, 6) is 0. The van der Waals surface area contributed by atoms with E-state index in [2.05, 4.69) is 5.32 Å². The Balaban J connectivity index is 0.000000550. The molecule has 2 unspecified atom stereocenters. The molecule has 2 atom stereocenters. The SMILES string of the molecule is CNC.NC(c1ccccc1)C(N)c1ccccc1. The maximum Gasteiger partial charge on any atom is 0.0491 e. The molecule has 0 bridgehead atoms. The van der Waals surface area contributed by atoms with Crippen molar-refractivity contribution in [2.75, 3.05) is 14.1 Å². The van der Waals surface area contributed by atoms with Crippen molar-refractivity contribution in [3.05, 3.63) is 71.8 Å². The van der Waals surface area contributed by atoms with Crippen LogP contribution in [0, 0.1) is 0 Å². The highest BCUT2D eigenvalue weighted by Crippen LogP contribution is 2.23. The first-order valence-corrected chi connectivity index (χ1v) is 6.40. The van der Waals surface area contributed by atoms with Crippen LogP contribution in [-0.4, -0.2) is 14.1 Å². The van der Waals surface area contributed by atoms with Crippen LogP contribution in [0.1, 0.15) is 23.2 Å². The first kappa shape index (κ1) is 15.4. The lowest BCUT2D eigenvalue weighted by molar-refractivity contribution is 0.574. The summed E-state index contributed by atoms with van der Waals surface area (Å²) in [7, 11) is 3.75. The molecule has 0 aliphatic rings. The van der Waals surface area contributed by atoms with E-state index in [4.69, 9.17) is 11.5 Å². The Hall–Kier alpha value is -1.68. The molecule has 0 aliphatic heterocycles. The minimum Gasteiger partial charge on any atom is -0.323 e. The fourth-order valence-corrected chi connectivity index (χ4v) is 1.77. The van der Waals surface area contributed by atoms with Crippen molar-refractivity contribution in [2.45, 2.75) is 12.1 Å². The molecule has 0 heterocycles. The molecule has 102 valence electrons. The Kier molecular flexibility index (Phi) is 6.82. The van der Waals surface area contributed by atoms with Crippen molar-refractivity contribution in [2.24, 2.45) is 11.5 Å². The fraction of sp³-hybridized carbons (Fsp3) is 0.250. The first-order valence-electron chi connectivity index (χ1n) is 6.40. The molecule has 0 amide bonds. The summed E-state index contributed by atoms with van der Waals surface area (Å²) in [6.45, 7) is 0. The summed E-state index contributed by atoms with van der Waals surface area (Å²) in [5.41, 5.74) is 14.4. The smallest absolute Gasteiger partial charge is 0.0491 e. The number of hydrogen-bond donors (Lipinski definition) is 3. The van der Waals surface area contributed by atoms with Crippen LogP contribution in [0.5, 0.6) is 0 Å². The summed E-state index contributed by atoms with van der Waals surface area (Å²) >= 11 is 0. The second kappa shape index (κ2) is 8.43. The van der Waals surface area contributed by atoms with Gasteiger partial charge >= 0.3 is 0 Å². The molecular formula is C16H23N3. The van der Waals surface area contributed by atoms with Crippen LogP contribution >= 0.6 is 0 Å². The monoisotopic (exact) mass is 257 g/mol. The molecule has 5 N–H and O–H groups in total. The Morgan fingerprint density at radius 2 is 0.947 bits per heavy atom. The molecule has 3 nitrogen and oxygen atoms in total. The average molecular weight is 257 g/mol. The maximum absolute atomic E-state index is 6.15. The molecule has 0 saturated carbocycles. The van der Waals surface area contributed by atoms with Gasteiger partial charge in [0, 0.05) is 12.1 Å². The quantitative estimate of drug-likeness (QED) is 0.790. The van der Waals surface area contributed by atoms with Gasteiger partial charge in [0.1, 0.15) is 0 Å². The predicted molar refractivity (Wildman–Crippen MR) is 81.7 cm³/mol. The zero-order chi connectivity index (χ0) is 14.1. The van der Waals surface area contributed by atoms with E-state index in [-0.39, 0.29) is 12.1 Å². The lowest BCUT2D eigenvalue weighted by Crippen LogP contribution is -2.26. The van der Waals surface area contributed by atoms with E-state index in [1.54, 1.807) is 0 Å². The molecule has 0 aromatic heterocycles. The molecule has 0 fully saturated rings. The number of hydrogen-bond acceptors (Lipinski definition) is 3. The Labute approximate surface area is 115 Å². The van der Waals surface area contributed by atoms with E-state index in [1.807, 2.05) is 74.8 Å². The molecule has 2 aromatic rings. The number of nitrogens with one attached hydrogen (secondary N) is 1. The van der Waals surface area contributed by atoms with Crippen LogP contribution in [0.2, 0.25) is 0 Å². The first-order chi connectivity index (χ1) is 9.20. The molecule has 0 aliphatic carbocycles. The molecule has 0 spiro atoms. The van der Waals surface area contributed by atoms with E-state index in [9.17, 15) is 0 Å². The summed E-state index contributed by atoms with van der Waals surface area (Å²) in [6, 6.07) is 19.6. The second-order valence-electron chi connectivity index (χ2n) is 4.37. The van der Waals surface area contributed by atoms with Crippen molar-refractivity contribution < 1.29 is 0 Å². The molecular weight excluding hydrogens is 234 g/mol. The zero-order valence-electron chi connectivity index (χ0n) is 11.6. The van der Waals surface area contributed by atoms with Crippen molar-refractivity contribution in [3.63, 3.8) is 0 Å².